The van der Waals surface area contributed by atoms with Gasteiger partial charge in [-0.15, -0.1) is 0 Å². The third-order valence-corrected chi connectivity index (χ3v) is 3.42. The lowest BCUT2D eigenvalue weighted by Gasteiger charge is -2.23. The van der Waals surface area contributed by atoms with Gasteiger partial charge in [-0.25, -0.2) is 9.50 Å². The van der Waals surface area contributed by atoms with Crippen LogP contribution in [0, 0.1) is 0 Å². The van der Waals surface area contributed by atoms with Crippen molar-refractivity contribution in [3.05, 3.63) is 60.4 Å². The Balaban J connectivity index is 1.86. The van der Waals surface area contributed by atoms with Crippen molar-refractivity contribution in [1.82, 2.24) is 14.6 Å². The highest BCUT2D eigenvalue weighted by Gasteiger charge is 2.09. The average molecular weight is 281 g/mol. The second-order valence-electron chi connectivity index (χ2n) is 4.97. The lowest BCUT2D eigenvalue weighted by Crippen LogP contribution is -2.26. The van der Waals surface area contributed by atoms with E-state index in [1.54, 1.807) is 10.7 Å². The lowest BCUT2D eigenvalue weighted by atomic mass is 10.2. The predicted octanol–water partition coefficient (Wildman–Crippen LogP) is 2.08. The largest absolute Gasteiger partial charge is 0.352 e. The van der Waals surface area contributed by atoms with E-state index in [0.717, 1.165) is 31.0 Å². The smallest absolute Gasteiger partial charge is 0.157 e. The summed E-state index contributed by atoms with van der Waals surface area (Å²) in [5.74, 6) is 0.959. The van der Waals surface area contributed by atoms with E-state index in [1.807, 2.05) is 24.4 Å². The third kappa shape index (κ3) is 3.20. The summed E-state index contributed by atoms with van der Waals surface area (Å²) >= 11 is 0. The van der Waals surface area contributed by atoms with Crippen LogP contribution < -0.4 is 10.6 Å². The first-order chi connectivity index (χ1) is 10.4. The van der Waals surface area contributed by atoms with Crippen LogP contribution in [0.4, 0.5) is 5.82 Å². The Labute approximate surface area is 124 Å². The Morgan fingerprint density at radius 1 is 1.10 bits per heavy atom. The molecule has 21 heavy (non-hydrogen) atoms. The van der Waals surface area contributed by atoms with E-state index >= 15 is 0 Å². The van der Waals surface area contributed by atoms with Crippen molar-refractivity contribution in [1.29, 1.82) is 0 Å². The lowest BCUT2D eigenvalue weighted by molar-refractivity contribution is 0.724. The molecule has 0 unspecified atom stereocenters. The zero-order valence-electron chi connectivity index (χ0n) is 11.9. The number of fused-ring (bicyclic) bond motifs is 1. The van der Waals surface area contributed by atoms with Crippen molar-refractivity contribution in [2.24, 2.45) is 5.73 Å². The molecule has 3 rings (SSSR count). The van der Waals surface area contributed by atoms with Gasteiger partial charge in [-0.2, -0.15) is 5.10 Å². The molecule has 0 saturated heterocycles. The molecule has 0 aliphatic carbocycles. The number of hydrogen-bond acceptors (Lipinski definition) is 4. The van der Waals surface area contributed by atoms with Gasteiger partial charge in [-0.3, -0.25) is 0 Å². The number of hydrogen-bond donors (Lipinski definition) is 1. The number of aromatic nitrogens is 3. The van der Waals surface area contributed by atoms with Crippen LogP contribution in [0.2, 0.25) is 0 Å². The molecule has 5 nitrogen and oxygen atoms in total. The highest BCUT2D eigenvalue weighted by molar-refractivity contribution is 5.47. The van der Waals surface area contributed by atoms with E-state index in [0.29, 0.717) is 6.54 Å². The summed E-state index contributed by atoms with van der Waals surface area (Å²) in [6.07, 6.45) is 4.64. The van der Waals surface area contributed by atoms with Gasteiger partial charge in [-0.05, 0) is 24.6 Å². The maximum absolute atomic E-state index is 5.66. The quantitative estimate of drug-likeness (QED) is 0.751. The highest BCUT2D eigenvalue weighted by atomic mass is 15.3. The minimum Gasteiger partial charge on any atom is -0.352 e. The normalized spacial score (nSPS) is 10.9. The van der Waals surface area contributed by atoms with Gasteiger partial charge in [0.1, 0.15) is 5.82 Å². The Morgan fingerprint density at radius 2 is 1.95 bits per heavy atom. The van der Waals surface area contributed by atoms with Gasteiger partial charge in [-0.1, -0.05) is 30.3 Å². The van der Waals surface area contributed by atoms with E-state index in [-0.39, 0.29) is 0 Å². The fraction of sp³-hybridized carbons (Fsp3) is 0.250. The molecule has 0 aliphatic rings. The molecule has 1 aromatic carbocycles. The number of benzene rings is 1. The first-order valence-corrected chi connectivity index (χ1v) is 7.16. The molecule has 2 aromatic heterocycles. The van der Waals surface area contributed by atoms with Crippen molar-refractivity contribution in [3.8, 4) is 0 Å². The molecule has 0 amide bonds. The molecule has 0 fully saturated rings. The minimum atomic E-state index is 0.681. The number of anilines is 1. The molecule has 0 saturated carbocycles. The molecule has 0 aliphatic heterocycles. The van der Waals surface area contributed by atoms with Gasteiger partial charge in [0.2, 0.25) is 0 Å². The van der Waals surface area contributed by atoms with Crippen LogP contribution in [0.3, 0.4) is 0 Å². The second kappa shape index (κ2) is 6.37. The van der Waals surface area contributed by atoms with Gasteiger partial charge in [0.25, 0.3) is 0 Å². The third-order valence-electron chi connectivity index (χ3n) is 3.42. The minimum absolute atomic E-state index is 0.681. The number of rotatable bonds is 6. The Morgan fingerprint density at radius 3 is 2.76 bits per heavy atom. The van der Waals surface area contributed by atoms with Crippen molar-refractivity contribution >= 4 is 11.5 Å². The molecule has 108 valence electrons. The van der Waals surface area contributed by atoms with Crippen LogP contribution >= 0.6 is 0 Å². The first-order valence-electron chi connectivity index (χ1n) is 7.16. The van der Waals surface area contributed by atoms with Crippen molar-refractivity contribution < 1.29 is 0 Å². The van der Waals surface area contributed by atoms with Gasteiger partial charge in [0.05, 0.1) is 6.20 Å². The summed E-state index contributed by atoms with van der Waals surface area (Å²) in [6, 6.07) is 14.3. The SMILES string of the molecule is NCCCN(Cc1ccccc1)c1ccn2nccc2n1. The predicted molar refractivity (Wildman–Crippen MR) is 84.2 cm³/mol. The van der Waals surface area contributed by atoms with Crippen LogP contribution in [-0.4, -0.2) is 27.7 Å². The molecule has 0 radical (unpaired) electrons. The molecule has 2 heterocycles. The summed E-state index contributed by atoms with van der Waals surface area (Å²) in [7, 11) is 0. The molecule has 0 atom stereocenters. The molecular weight excluding hydrogens is 262 g/mol. The number of nitrogens with two attached hydrogens (primary N) is 1. The van der Waals surface area contributed by atoms with E-state index in [1.165, 1.54) is 5.56 Å². The van der Waals surface area contributed by atoms with E-state index in [9.17, 15) is 0 Å². The Bertz CT molecular complexity index is 692. The molecule has 5 heteroatoms. The zero-order valence-corrected chi connectivity index (χ0v) is 11.9. The Kier molecular flexibility index (Phi) is 4.12. The summed E-state index contributed by atoms with van der Waals surface area (Å²) in [6.45, 7) is 2.40. The standard InChI is InChI=1S/C16H19N5/c17-9-4-11-20(13-14-5-2-1-3-6-14)15-8-12-21-16(19-15)7-10-18-21/h1-3,5-8,10,12H,4,9,11,13,17H2. The van der Waals surface area contributed by atoms with E-state index in [2.05, 4.69) is 39.2 Å². The van der Waals surface area contributed by atoms with Crippen LogP contribution in [0.1, 0.15) is 12.0 Å². The fourth-order valence-electron chi connectivity index (χ4n) is 2.34. The van der Waals surface area contributed by atoms with Crippen molar-refractivity contribution in [2.75, 3.05) is 18.0 Å². The fourth-order valence-corrected chi connectivity index (χ4v) is 2.34. The second-order valence-corrected chi connectivity index (χ2v) is 4.97. The average Bonchev–Trinajstić information content (AvgIpc) is 3.00. The zero-order chi connectivity index (χ0) is 14.5. The summed E-state index contributed by atoms with van der Waals surface area (Å²) in [5, 5.41) is 4.18. The summed E-state index contributed by atoms with van der Waals surface area (Å²) < 4.78 is 1.77. The summed E-state index contributed by atoms with van der Waals surface area (Å²) in [4.78, 5) is 6.93. The molecule has 2 N–H and O–H groups in total. The first kappa shape index (κ1) is 13.6. The molecule has 0 bridgehead atoms. The number of nitrogens with zero attached hydrogens (tertiary/aromatic N) is 4. The van der Waals surface area contributed by atoms with Gasteiger partial charge >= 0.3 is 0 Å². The van der Waals surface area contributed by atoms with Gasteiger partial charge in [0.15, 0.2) is 5.65 Å². The van der Waals surface area contributed by atoms with E-state index in [4.69, 9.17) is 5.73 Å². The molecular formula is C16H19N5. The van der Waals surface area contributed by atoms with Gasteiger partial charge in [0, 0.05) is 25.4 Å². The maximum Gasteiger partial charge on any atom is 0.157 e. The van der Waals surface area contributed by atoms with E-state index < -0.39 is 0 Å². The van der Waals surface area contributed by atoms with Gasteiger partial charge < -0.3 is 10.6 Å². The Hall–Kier alpha value is -2.40. The van der Waals surface area contributed by atoms with Crippen LogP contribution in [0.25, 0.3) is 5.65 Å². The van der Waals surface area contributed by atoms with Crippen molar-refractivity contribution in [3.63, 3.8) is 0 Å². The maximum atomic E-state index is 5.66. The van der Waals surface area contributed by atoms with Crippen LogP contribution in [-0.2, 0) is 6.54 Å². The highest BCUT2D eigenvalue weighted by Crippen LogP contribution is 2.16. The van der Waals surface area contributed by atoms with Crippen molar-refractivity contribution in [2.45, 2.75) is 13.0 Å². The topological polar surface area (TPSA) is 59.5 Å². The molecule has 3 aromatic rings. The van der Waals surface area contributed by atoms with Crippen LogP contribution in [0.15, 0.2) is 54.9 Å². The van der Waals surface area contributed by atoms with Crippen LogP contribution in [0.5, 0.6) is 0 Å². The monoisotopic (exact) mass is 281 g/mol. The molecule has 0 spiro atoms. The summed E-state index contributed by atoms with van der Waals surface area (Å²) in [5.41, 5.74) is 7.79.